The van der Waals surface area contributed by atoms with Crippen LogP contribution in [0.1, 0.15) is 10.4 Å². The highest BCUT2D eigenvalue weighted by Gasteiger charge is 2.12. The predicted octanol–water partition coefficient (Wildman–Crippen LogP) is 0.325. The summed E-state index contributed by atoms with van der Waals surface area (Å²) in [5, 5.41) is 11.8. The number of phenolic OH excluding ortho intramolecular Hbond substituents is 1. The standard InChI is InChI=1S/C10H13ClN2O4S/c1-12-18(16,17)5-4-13-10(15)8-6-7(14)2-3-9(8)11/h2-3,6,12,14H,4-5H2,1H3,(H,13,15). The zero-order valence-electron chi connectivity index (χ0n) is 9.60. The Balaban J connectivity index is 2.64. The number of phenols is 1. The van der Waals surface area contributed by atoms with Crippen molar-refractivity contribution in [1.82, 2.24) is 10.0 Å². The average molecular weight is 293 g/mol. The fraction of sp³-hybridized carbons (Fsp3) is 0.300. The summed E-state index contributed by atoms with van der Waals surface area (Å²) in [6.07, 6.45) is 0. The van der Waals surface area contributed by atoms with E-state index in [1.54, 1.807) is 0 Å². The number of carbonyl (C=O) groups is 1. The Morgan fingerprint density at radius 3 is 2.72 bits per heavy atom. The van der Waals surface area contributed by atoms with E-state index < -0.39 is 15.9 Å². The summed E-state index contributed by atoms with van der Waals surface area (Å²) >= 11 is 5.78. The van der Waals surface area contributed by atoms with Crippen LogP contribution in [0.5, 0.6) is 5.75 Å². The Bertz CT molecular complexity index is 545. The smallest absolute Gasteiger partial charge is 0.252 e. The number of rotatable bonds is 5. The molecule has 1 amide bonds. The molecule has 0 aliphatic heterocycles. The lowest BCUT2D eigenvalue weighted by Crippen LogP contribution is -2.33. The summed E-state index contributed by atoms with van der Waals surface area (Å²) in [6.45, 7) is -0.0476. The number of benzene rings is 1. The van der Waals surface area contributed by atoms with Crippen molar-refractivity contribution in [3.05, 3.63) is 28.8 Å². The predicted molar refractivity (Wildman–Crippen MR) is 68.3 cm³/mol. The van der Waals surface area contributed by atoms with Crippen LogP contribution in [0.2, 0.25) is 5.02 Å². The Hall–Kier alpha value is -1.31. The summed E-state index contributed by atoms with van der Waals surface area (Å²) in [5.74, 6) is -0.860. The van der Waals surface area contributed by atoms with E-state index >= 15 is 0 Å². The van der Waals surface area contributed by atoms with Gasteiger partial charge >= 0.3 is 0 Å². The molecule has 1 aromatic rings. The summed E-state index contributed by atoms with van der Waals surface area (Å²) < 4.78 is 24.3. The van der Waals surface area contributed by atoms with Gasteiger partial charge in [-0.3, -0.25) is 4.79 Å². The Kier molecular flexibility index (Phi) is 4.94. The van der Waals surface area contributed by atoms with Crippen LogP contribution in [0.3, 0.4) is 0 Å². The van der Waals surface area contributed by atoms with Gasteiger partial charge in [0.05, 0.1) is 16.3 Å². The summed E-state index contributed by atoms with van der Waals surface area (Å²) in [5.41, 5.74) is 0.0959. The molecule has 0 spiro atoms. The minimum Gasteiger partial charge on any atom is -0.508 e. The minimum atomic E-state index is -3.36. The molecule has 1 rings (SSSR count). The molecule has 0 saturated carbocycles. The second kappa shape index (κ2) is 6.03. The maximum atomic E-state index is 11.7. The van der Waals surface area contributed by atoms with Crippen LogP contribution in [0.25, 0.3) is 0 Å². The summed E-state index contributed by atoms with van der Waals surface area (Å²) in [7, 11) is -2.07. The van der Waals surface area contributed by atoms with Crippen molar-refractivity contribution in [3.8, 4) is 5.75 Å². The van der Waals surface area contributed by atoms with Crippen LogP contribution < -0.4 is 10.0 Å². The fourth-order valence-electron chi connectivity index (χ4n) is 1.18. The number of halogens is 1. The first-order chi connectivity index (χ1) is 8.35. The molecule has 3 N–H and O–H groups in total. The molecule has 0 atom stereocenters. The number of aromatic hydroxyl groups is 1. The topological polar surface area (TPSA) is 95.5 Å². The van der Waals surface area contributed by atoms with E-state index in [0.29, 0.717) is 0 Å². The molecule has 100 valence electrons. The highest BCUT2D eigenvalue weighted by Crippen LogP contribution is 2.20. The Morgan fingerprint density at radius 2 is 2.11 bits per heavy atom. The molecule has 6 nitrogen and oxygen atoms in total. The molecule has 0 heterocycles. The SMILES string of the molecule is CNS(=O)(=O)CCNC(=O)c1cc(O)ccc1Cl. The molecule has 8 heteroatoms. The van der Waals surface area contributed by atoms with Crippen LogP contribution in [0.4, 0.5) is 0 Å². The molecule has 0 aliphatic carbocycles. The molecule has 0 saturated heterocycles. The fourth-order valence-corrected chi connectivity index (χ4v) is 1.96. The average Bonchev–Trinajstić information content (AvgIpc) is 2.32. The second-order valence-electron chi connectivity index (χ2n) is 3.44. The van der Waals surface area contributed by atoms with Crippen molar-refractivity contribution in [3.63, 3.8) is 0 Å². The van der Waals surface area contributed by atoms with Gasteiger partial charge in [-0.2, -0.15) is 0 Å². The Morgan fingerprint density at radius 1 is 1.44 bits per heavy atom. The maximum absolute atomic E-state index is 11.7. The van der Waals surface area contributed by atoms with Gasteiger partial charge in [0, 0.05) is 6.54 Å². The van der Waals surface area contributed by atoms with Gasteiger partial charge in [0.2, 0.25) is 10.0 Å². The summed E-state index contributed by atoms with van der Waals surface area (Å²) in [4.78, 5) is 11.7. The lowest BCUT2D eigenvalue weighted by molar-refractivity contribution is 0.0956. The number of hydrogen-bond donors (Lipinski definition) is 3. The molecule has 0 aliphatic rings. The van der Waals surface area contributed by atoms with Crippen LogP contribution in [0, 0.1) is 0 Å². The maximum Gasteiger partial charge on any atom is 0.252 e. The normalized spacial score (nSPS) is 11.2. The molecular formula is C10H13ClN2O4S. The first kappa shape index (κ1) is 14.7. The molecule has 1 aromatic carbocycles. The molecule has 0 radical (unpaired) electrons. The molecule has 0 aromatic heterocycles. The van der Waals surface area contributed by atoms with Gasteiger partial charge in [0.1, 0.15) is 5.75 Å². The van der Waals surface area contributed by atoms with E-state index in [1.165, 1.54) is 25.2 Å². The third-order valence-electron chi connectivity index (χ3n) is 2.16. The lowest BCUT2D eigenvalue weighted by atomic mass is 10.2. The van der Waals surface area contributed by atoms with E-state index in [9.17, 15) is 18.3 Å². The van der Waals surface area contributed by atoms with E-state index in [0.717, 1.165) is 0 Å². The van der Waals surface area contributed by atoms with Gasteiger partial charge in [0.15, 0.2) is 0 Å². The van der Waals surface area contributed by atoms with Gasteiger partial charge < -0.3 is 10.4 Å². The third-order valence-corrected chi connectivity index (χ3v) is 3.86. The second-order valence-corrected chi connectivity index (χ2v) is 5.90. The van der Waals surface area contributed by atoms with Gasteiger partial charge in [-0.25, -0.2) is 13.1 Å². The lowest BCUT2D eigenvalue weighted by Gasteiger charge is -2.07. The monoisotopic (exact) mass is 292 g/mol. The van der Waals surface area contributed by atoms with Crippen LogP contribution >= 0.6 is 11.6 Å². The third kappa shape index (κ3) is 4.17. The van der Waals surface area contributed by atoms with E-state index in [-0.39, 0.29) is 28.6 Å². The van der Waals surface area contributed by atoms with Crippen molar-refractivity contribution in [1.29, 1.82) is 0 Å². The number of hydrogen-bond acceptors (Lipinski definition) is 4. The van der Waals surface area contributed by atoms with Crippen molar-refractivity contribution < 1.29 is 18.3 Å². The minimum absolute atomic E-state index is 0.0476. The first-order valence-electron chi connectivity index (χ1n) is 5.03. The molecule has 0 fully saturated rings. The number of sulfonamides is 1. The van der Waals surface area contributed by atoms with E-state index in [1.807, 2.05) is 0 Å². The van der Waals surface area contributed by atoms with Crippen molar-refractivity contribution in [2.75, 3.05) is 19.3 Å². The molecular weight excluding hydrogens is 280 g/mol. The van der Waals surface area contributed by atoms with Gasteiger partial charge in [-0.1, -0.05) is 11.6 Å². The van der Waals surface area contributed by atoms with E-state index in [4.69, 9.17) is 11.6 Å². The van der Waals surface area contributed by atoms with Crippen LogP contribution in [-0.4, -0.2) is 38.8 Å². The van der Waals surface area contributed by atoms with Crippen LogP contribution in [-0.2, 0) is 10.0 Å². The van der Waals surface area contributed by atoms with Crippen molar-refractivity contribution in [2.45, 2.75) is 0 Å². The number of nitrogens with one attached hydrogen (secondary N) is 2. The highest BCUT2D eigenvalue weighted by molar-refractivity contribution is 7.89. The van der Waals surface area contributed by atoms with Crippen molar-refractivity contribution >= 4 is 27.5 Å². The molecule has 18 heavy (non-hydrogen) atoms. The van der Waals surface area contributed by atoms with Gasteiger partial charge in [-0.05, 0) is 25.2 Å². The highest BCUT2D eigenvalue weighted by atomic mass is 35.5. The Labute approximate surface area is 110 Å². The molecule has 0 bridgehead atoms. The zero-order valence-corrected chi connectivity index (χ0v) is 11.2. The van der Waals surface area contributed by atoms with Gasteiger partial charge in [0.25, 0.3) is 5.91 Å². The first-order valence-corrected chi connectivity index (χ1v) is 7.06. The zero-order chi connectivity index (χ0) is 13.8. The van der Waals surface area contributed by atoms with E-state index in [2.05, 4.69) is 10.0 Å². The van der Waals surface area contributed by atoms with Gasteiger partial charge in [-0.15, -0.1) is 0 Å². The van der Waals surface area contributed by atoms with Crippen LogP contribution in [0.15, 0.2) is 18.2 Å². The van der Waals surface area contributed by atoms with Crippen molar-refractivity contribution in [2.24, 2.45) is 0 Å². The number of carbonyl (C=O) groups excluding carboxylic acids is 1. The molecule has 0 unspecified atom stereocenters. The summed E-state index contributed by atoms with van der Waals surface area (Å²) in [6, 6.07) is 3.95. The number of amides is 1. The quantitative estimate of drug-likeness (QED) is 0.728. The largest absolute Gasteiger partial charge is 0.508 e.